The zero-order valence-electron chi connectivity index (χ0n) is 11.4. The van der Waals surface area contributed by atoms with E-state index in [-0.39, 0.29) is 6.10 Å². The first-order valence-electron chi connectivity index (χ1n) is 7.22. The van der Waals surface area contributed by atoms with Crippen LogP contribution >= 0.6 is 23.2 Å². The minimum Gasteiger partial charge on any atom is -0.374 e. The maximum absolute atomic E-state index is 6.15. The van der Waals surface area contributed by atoms with E-state index in [2.05, 4.69) is 10.2 Å². The number of hydrogen-bond acceptors (Lipinski definition) is 3. The molecule has 0 aromatic heterocycles. The van der Waals surface area contributed by atoms with E-state index >= 15 is 0 Å². The van der Waals surface area contributed by atoms with Gasteiger partial charge in [-0.1, -0.05) is 23.2 Å². The molecule has 1 aromatic carbocycles. The Labute approximate surface area is 130 Å². The maximum Gasteiger partial charge on any atom is 0.0827 e. The van der Waals surface area contributed by atoms with E-state index in [9.17, 15) is 0 Å². The molecule has 110 valence electrons. The van der Waals surface area contributed by atoms with Crippen LogP contribution in [0.3, 0.4) is 0 Å². The predicted molar refractivity (Wildman–Crippen MR) is 82.5 cm³/mol. The van der Waals surface area contributed by atoms with Gasteiger partial charge in [-0.2, -0.15) is 0 Å². The molecule has 0 radical (unpaired) electrons. The zero-order valence-corrected chi connectivity index (χ0v) is 13.0. The largest absolute Gasteiger partial charge is 0.374 e. The quantitative estimate of drug-likeness (QED) is 0.924. The molecule has 0 spiro atoms. The van der Waals surface area contributed by atoms with Crippen LogP contribution in [0.1, 0.15) is 18.4 Å². The molecule has 2 saturated heterocycles. The number of morpholine rings is 1. The Bertz CT molecular complexity index is 469. The van der Waals surface area contributed by atoms with Crippen LogP contribution in [-0.4, -0.2) is 43.3 Å². The molecule has 0 bridgehead atoms. The summed E-state index contributed by atoms with van der Waals surface area (Å²) in [5.41, 5.74) is 1.04. The van der Waals surface area contributed by atoms with Crippen molar-refractivity contribution in [2.45, 2.75) is 31.5 Å². The van der Waals surface area contributed by atoms with E-state index in [0.29, 0.717) is 6.04 Å². The van der Waals surface area contributed by atoms with E-state index in [1.165, 1.54) is 19.4 Å². The van der Waals surface area contributed by atoms with Gasteiger partial charge in [-0.3, -0.25) is 4.90 Å². The fourth-order valence-electron chi connectivity index (χ4n) is 3.06. The number of benzene rings is 1. The lowest BCUT2D eigenvalue weighted by atomic mass is 10.2. The fourth-order valence-corrected chi connectivity index (χ4v) is 3.43. The van der Waals surface area contributed by atoms with Crippen LogP contribution in [0.4, 0.5) is 0 Å². The molecule has 0 amide bonds. The molecule has 0 aliphatic carbocycles. The number of halogens is 2. The van der Waals surface area contributed by atoms with Gasteiger partial charge in [0.2, 0.25) is 0 Å². The summed E-state index contributed by atoms with van der Waals surface area (Å²) in [6.07, 6.45) is 2.88. The smallest absolute Gasteiger partial charge is 0.0827 e. The number of ether oxygens (including phenoxy) is 1. The molecule has 1 N–H and O–H groups in total. The number of hydrogen-bond donors (Lipinski definition) is 1. The third-order valence-electron chi connectivity index (χ3n) is 4.16. The van der Waals surface area contributed by atoms with Crippen LogP contribution in [0.15, 0.2) is 18.2 Å². The summed E-state index contributed by atoms with van der Waals surface area (Å²) < 4.78 is 5.92. The second-order valence-corrected chi connectivity index (χ2v) is 6.46. The van der Waals surface area contributed by atoms with Gasteiger partial charge < -0.3 is 10.1 Å². The van der Waals surface area contributed by atoms with Gasteiger partial charge in [0.1, 0.15) is 0 Å². The van der Waals surface area contributed by atoms with Gasteiger partial charge >= 0.3 is 0 Å². The van der Waals surface area contributed by atoms with E-state index in [1.807, 2.05) is 18.2 Å². The zero-order chi connectivity index (χ0) is 13.9. The van der Waals surface area contributed by atoms with E-state index in [1.54, 1.807) is 0 Å². The van der Waals surface area contributed by atoms with Crippen molar-refractivity contribution >= 4 is 23.2 Å². The molecule has 2 fully saturated rings. The SMILES string of the molecule is Clc1ccc(Cl)c(CNCC2CN3CCCC3CO2)c1. The minimum absolute atomic E-state index is 0.280. The summed E-state index contributed by atoms with van der Waals surface area (Å²) in [7, 11) is 0. The van der Waals surface area contributed by atoms with Crippen LogP contribution in [0.2, 0.25) is 10.0 Å². The Morgan fingerprint density at radius 3 is 3.15 bits per heavy atom. The maximum atomic E-state index is 6.15. The van der Waals surface area contributed by atoms with Crippen LogP contribution in [0.25, 0.3) is 0 Å². The molecular weight excluding hydrogens is 295 g/mol. The van der Waals surface area contributed by atoms with Gasteiger partial charge in [-0.25, -0.2) is 0 Å². The van der Waals surface area contributed by atoms with Gasteiger partial charge in [0, 0.05) is 35.7 Å². The van der Waals surface area contributed by atoms with E-state index < -0.39 is 0 Å². The van der Waals surface area contributed by atoms with E-state index in [4.69, 9.17) is 27.9 Å². The van der Waals surface area contributed by atoms with Gasteiger partial charge in [-0.05, 0) is 43.1 Å². The molecule has 2 aliphatic heterocycles. The molecular formula is C15H20Cl2N2O. The molecule has 2 unspecified atom stereocenters. The van der Waals surface area contributed by atoms with E-state index in [0.717, 1.165) is 41.8 Å². The van der Waals surface area contributed by atoms with Crippen molar-refractivity contribution in [1.29, 1.82) is 0 Å². The average Bonchev–Trinajstić information content (AvgIpc) is 2.90. The molecule has 3 rings (SSSR count). The van der Waals surface area contributed by atoms with Crippen molar-refractivity contribution in [3.05, 3.63) is 33.8 Å². The van der Waals surface area contributed by atoms with Crippen LogP contribution in [-0.2, 0) is 11.3 Å². The van der Waals surface area contributed by atoms with Crippen LogP contribution in [0.5, 0.6) is 0 Å². The number of rotatable bonds is 4. The normalized spacial score (nSPS) is 26.7. The molecule has 1 aromatic rings. The van der Waals surface area contributed by atoms with Crippen molar-refractivity contribution in [1.82, 2.24) is 10.2 Å². The summed E-state index contributed by atoms with van der Waals surface area (Å²) in [6, 6.07) is 6.22. The first-order valence-corrected chi connectivity index (χ1v) is 7.98. The Morgan fingerprint density at radius 1 is 1.35 bits per heavy atom. The summed E-state index contributed by atoms with van der Waals surface area (Å²) >= 11 is 12.1. The lowest BCUT2D eigenvalue weighted by Crippen LogP contribution is -2.49. The number of fused-ring (bicyclic) bond motifs is 1. The lowest BCUT2D eigenvalue weighted by molar-refractivity contribution is -0.0470. The van der Waals surface area contributed by atoms with Crippen molar-refractivity contribution in [3.8, 4) is 0 Å². The Kier molecular flexibility index (Phi) is 4.84. The molecule has 0 saturated carbocycles. The molecule has 20 heavy (non-hydrogen) atoms. The topological polar surface area (TPSA) is 24.5 Å². The number of nitrogens with one attached hydrogen (secondary N) is 1. The predicted octanol–water partition coefficient (Wildman–Crippen LogP) is 2.95. The first-order chi connectivity index (χ1) is 9.72. The standard InChI is InChI=1S/C15H20Cl2N2O/c16-12-3-4-15(17)11(6-12)7-18-8-14-9-19-5-1-2-13(19)10-20-14/h3-4,6,13-14,18H,1-2,5,7-10H2. The highest BCUT2D eigenvalue weighted by Gasteiger charge is 2.31. The summed E-state index contributed by atoms with van der Waals surface area (Å²) in [4.78, 5) is 2.56. The Hall–Kier alpha value is -0.320. The van der Waals surface area contributed by atoms with Crippen LogP contribution < -0.4 is 5.32 Å². The highest BCUT2D eigenvalue weighted by molar-refractivity contribution is 6.33. The van der Waals surface area contributed by atoms with Crippen molar-refractivity contribution in [2.75, 3.05) is 26.2 Å². The highest BCUT2D eigenvalue weighted by Crippen LogP contribution is 2.23. The first kappa shape index (κ1) is 14.6. The number of nitrogens with zero attached hydrogens (tertiary/aromatic N) is 1. The summed E-state index contributed by atoms with van der Waals surface area (Å²) in [5, 5.41) is 4.90. The molecule has 2 aliphatic rings. The van der Waals surface area contributed by atoms with Gasteiger partial charge in [0.25, 0.3) is 0 Å². The van der Waals surface area contributed by atoms with Gasteiger partial charge in [0.05, 0.1) is 12.7 Å². The fraction of sp³-hybridized carbons (Fsp3) is 0.600. The van der Waals surface area contributed by atoms with Gasteiger partial charge in [-0.15, -0.1) is 0 Å². The highest BCUT2D eigenvalue weighted by atomic mass is 35.5. The molecule has 2 atom stereocenters. The minimum atomic E-state index is 0.280. The Balaban J connectivity index is 1.47. The molecule has 3 nitrogen and oxygen atoms in total. The van der Waals surface area contributed by atoms with Crippen molar-refractivity contribution in [3.63, 3.8) is 0 Å². The third kappa shape index (κ3) is 3.46. The van der Waals surface area contributed by atoms with Crippen molar-refractivity contribution in [2.24, 2.45) is 0 Å². The summed E-state index contributed by atoms with van der Waals surface area (Å²) in [6.45, 7) is 4.73. The second kappa shape index (κ2) is 6.63. The van der Waals surface area contributed by atoms with Gasteiger partial charge in [0.15, 0.2) is 0 Å². The molecule has 5 heteroatoms. The second-order valence-electron chi connectivity index (χ2n) is 5.61. The monoisotopic (exact) mass is 314 g/mol. The summed E-state index contributed by atoms with van der Waals surface area (Å²) in [5.74, 6) is 0. The molecule has 2 heterocycles. The third-order valence-corrected chi connectivity index (χ3v) is 4.76. The van der Waals surface area contributed by atoms with Crippen LogP contribution in [0, 0.1) is 0 Å². The Morgan fingerprint density at radius 2 is 2.25 bits per heavy atom. The lowest BCUT2D eigenvalue weighted by Gasteiger charge is -2.35. The average molecular weight is 315 g/mol. The van der Waals surface area contributed by atoms with Crippen molar-refractivity contribution < 1.29 is 4.74 Å².